The summed E-state index contributed by atoms with van der Waals surface area (Å²) in [6, 6.07) is 22.6. The summed E-state index contributed by atoms with van der Waals surface area (Å²) in [6.07, 6.45) is 0.823. The van der Waals surface area contributed by atoms with Gasteiger partial charge in [-0.15, -0.1) is 0 Å². The zero-order valence-electron chi connectivity index (χ0n) is 15.9. The number of nitrogens with one attached hydrogen (secondary N) is 1. The number of pyridine rings is 1. The van der Waals surface area contributed by atoms with Gasteiger partial charge >= 0.3 is 7.60 Å². The van der Waals surface area contributed by atoms with E-state index in [9.17, 15) is 4.57 Å². The first-order chi connectivity index (χ1) is 13.5. The van der Waals surface area contributed by atoms with Crippen LogP contribution in [-0.2, 0) is 17.5 Å². The maximum atomic E-state index is 11.0. The van der Waals surface area contributed by atoms with Crippen molar-refractivity contribution in [3.63, 3.8) is 0 Å². The van der Waals surface area contributed by atoms with Gasteiger partial charge in [-0.25, -0.2) is 0 Å². The highest BCUT2D eigenvalue weighted by molar-refractivity contribution is 7.51. The Labute approximate surface area is 165 Å². The lowest BCUT2D eigenvalue weighted by atomic mass is 9.97. The summed E-state index contributed by atoms with van der Waals surface area (Å²) in [5, 5.41) is 3.06. The molecule has 3 aromatic rings. The van der Waals surface area contributed by atoms with Crippen molar-refractivity contribution in [3.05, 3.63) is 78.0 Å². The second kappa shape index (κ2) is 9.26. The standard InChI is InChI=1S/C22H25N2O3P/c1-2-17-8-10-18(11-9-17)21-13-12-20(16-23-14-15-28(25,26)27)24-22(21)19-6-4-3-5-7-19/h3-13,23H,2,14-16H2,1H3,(H2,25,26,27). The monoisotopic (exact) mass is 396 g/mol. The van der Waals surface area contributed by atoms with Gasteiger partial charge in [0.2, 0.25) is 0 Å². The first-order valence-corrected chi connectivity index (χ1v) is 11.2. The fourth-order valence-electron chi connectivity index (χ4n) is 3.01. The van der Waals surface area contributed by atoms with Gasteiger partial charge in [0.25, 0.3) is 0 Å². The summed E-state index contributed by atoms with van der Waals surface area (Å²) in [6.45, 7) is 2.84. The molecule has 0 atom stereocenters. The van der Waals surface area contributed by atoms with Gasteiger partial charge in [0.1, 0.15) is 0 Å². The normalized spacial score (nSPS) is 11.5. The molecule has 0 amide bonds. The van der Waals surface area contributed by atoms with Crippen LogP contribution in [0.5, 0.6) is 0 Å². The average molecular weight is 396 g/mol. The van der Waals surface area contributed by atoms with Crippen LogP contribution in [0.3, 0.4) is 0 Å². The van der Waals surface area contributed by atoms with Crippen molar-refractivity contribution < 1.29 is 14.4 Å². The summed E-state index contributed by atoms with van der Waals surface area (Å²) in [5.41, 5.74) is 6.24. The Balaban J connectivity index is 1.88. The van der Waals surface area contributed by atoms with E-state index in [1.54, 1.807) is 0 Å². The summed E-state index contributed by atoms with van der Waals surface area (Å²) in [7, 11) is -3.98. The van der Waals surface area contributed by atoms with Gasteiger partial charge in [-0.05, 0) is 23.6 Å². The highest BCUT2D eigenvalue weighted by Crippen LogP contribution is 2.33. The van der Waals surface area contributed by atoms with Crippen LogP contribution in [0.1, 0.15) is 18.2 Å². The van der Waals surface area contributed by atoms with Crippen LogP contribution >= 0.6 is 7.60 Å². The number of rotatable bonds is 8. The smallest absolute Gasteiger partial charge is 0.324 e. The van der Waals surface area contributed by atoms with Crippen molar-refractivity contribution in [1.82, 2.24) is 10.3 Å². The minimum atomic E-state index is -3.98. The SMILES string of the molecule is CCc1ccc(-c2ccc(CNCCP(=O)(O)O)nc2-c2ccccc2)cc1. The topological polar surface area (TPSA) is 82.5 Å². The molecular formula is C22H25N2O3P. The van der Waals surface area contributed by atoms with Crippen LogP contribution in [-0.4, -0.2) is 27.5 Å². The Bertz CT molecular complexity index is 953. The quantitative estimate of drug-likeness (QED) is 0.392. The second-order valence-corrected chi connectivity index (χ2v) is 8.46. The van der Waals surface area contributed by atoms with Gasteiger partial charge in [0.15, 0.2) is 0 Å². The van der Waals surface area contributed by atoms with Crippen LogP contribution in [0.4, 0.5) is 0 Å². The summed E-state index contributed by atoms with van der Waals surface area (Å²) >= 11 is 0. The fraction of sp³-hybridized carbons (Fsp3) is 0.227. The summed E-state index contributed by atoms with van der Waals surface area (Å²) < 4.78 is 11.0. The van der Waals surface area contributed by atoms with E-state index < -0.39 is 7.60 Å². The number of aromatic nitrogens is 1. The van der Waals surface area contributed by atoms with Gasteiger partial charge in [-0.1, -0.05) is 67.6 Å². The molecule has 0 saturated heterocycles. The van der Waals surface area contributed by atoms with E-state index >= 15 is 0 Å². The molecule has 0 spiro atoms. The van der Waals surface area contributed by atoms with E-state index in [2.05, 4.69) is 42.6 Å². The molecule has 5 nitrogen and oxygen atoms in total. The maximum Gasteiger partial charge on any atom is 0.326 e. The highest BCUT2D eigenvalue weighted by atomic mass is 31.2. The largest absolute Gasteiger partial charge is 0.326 e. The molecule has 1 heterocycles. The predicted molar refractivity (Wildman–Crippen MR) is 113 cm³/mol. The van der Waals surface area contributed by atoms with Gasteiger partial charge < -0.3 is 15.1 Å². The molecular weight excluding hydrogens is 371 g/mol. The first kappa shape index (κ1) is 20.4. The summed E-state index contributed by atoms with van der Waals surface area (Å²) in [4.78, 5) is 22.8. The van der Waals surface area contributed by atoms with E-state index in [1.165, 1.54) is 5.56 Å². The molecule has 0 bridgehead atoms. The Morgan fingerprint density at radius 3 is 2.29 bits per heavy atom. The predicted octanol–water partition coefficient (Wildman–Crippen LogP) is 4.25. The molecule has 1 aromatic heterocycles. The molecule has 28 heavy (non-hydrogen) atoms. The van der Waals surface area contributed by atoms with E-state index in [0.717, 1.165) is 34.5 Å². The van der Waals surface area contributed by atoms with Crippen LogP contribution in [0, 0.1) is 0 Å². The third kappa shape index (κ3) is 5.60. The van der Waals surface area contributed by atoms with Crippen LogP contribution in [0.15, 0.2) is 66.7 Å². The minimum absolute atomic E-state index is 0.180. The number of benzene rings is 2. The van der Waals surface area contributed by atoms with Gasteiger partial charge in [0, 0.05) is 24.2 Å². The number of nitrogens with zero attached hydrogens (tertiary/aromatic N) is 1. The maximum absolute atomic E-state index is 11.0. The van der Waals surface area contributed by atoms with E-state index in [1.807, 2.05) is 36.4 Å². The van der Waals surface area contributed by atoms with Crippen molar-refractivity contribution in [2.24, 2.45) is 0 Å². The molecule has 146 valence electrons. The minimum Gasteiger partial charge on any atom is -0.324 e. The first-order valence-electron chi connectivity index (χ1n) is 9.36. The van der Waals surface area contributed by atoms with Crippen molar-refractivity contribution in [2.45, 2.75) is 19.9 Å². The van der Waals surface area contributed by atoms with E-state index in [0.29, 0.717) is 6.54 Å². The third-order valence-electron chi connectivity index (χ3n) is 4.56. The molecule has 0 aliphatic rings. The van der Waals surface area contributed by atoms with Crippen molar-refractivity contribution in [3.8, 4) is 22.4 Å². The zero-order chi connectivity index (χ0) is 20.0. The molecule has 6 heteroatoms. The Morgan fingerprint density at radius 2 is 1.64 bits per heavy atom. The Hall–Kier alpha value is -2.30. The number of hydrogen-bond donors (Lipinski definition) is 3. The average Bonchev–Trinajstić information content (AvgIpc) is 2.71. The lowest BCUT2D eigenvalue weighted by molar-refractivity contribution is 0.371. The summed E-state index contributed by atoms with van der Waals surface area (Å²) in [5.74, 6) is 0. The van der Waals surface area contributed by atoms with E-state index in [4.69, 9.17) is 14.8 Å². The molecule has 3 N–H and O–H groups in total. The van der Waals surface area contributed by atoms with Gasteiger partial charge in [-0.2, -0.15) is 0 Å². The third-order valence-corrected chi connectivity index (χ3v) is 5.37. The van der Waals surface area contributed by atoms with Gasteiger partial charge in [-0.3, -0.25) is 9.55 Å². The van der Waals surface area contributed by atoms with Crippen molar-refractivity contribution >= 4 is 7.60 Å². The van der Waals surface area contributed by atoms with Crippen LogP contribution in [0.25, 0.3) is 22.4 Å². The molecule has 2 aromatic carbocycles. The number of hydrogen-bond acceptors (Lipinski definition) is 3. The second-order valence-electron chi connectivity index (χ2n) is 6.68. The zero-order valence-corrected chi connectivity index (χ0v) is 16.8. The lowest BCUT2D eigenvalue weighted by Gasteiger charge is -2.13. The van der Waals surface area contributed by atoms with E-state index in [-0.39, 0.29) is 12.7 Å². The highest BCUT2D eigenvalue weighted by Gasteiger charge is 2.13. The Kier molecular flexibility index (Phi) is 6.76. The van der Waals surface area contributed by atoms with Gasteiger partial charge in [0.05, 0.1) is 17.5 Å². The number of aryl methyl sites for hydroxylation is 1. The molecule has 0 aliphatic heterocycles. The fourth-order valence-corrected chi connectivity index (χ4v) is 3.46. The van der Waals surface area contributed by atoms with Crippen molar-refractivity contribution in [2.75, 3.05) is 12.7 Å². The molecule has 3 rings (SSSR count). The Morgan fingerprint density at radius 1 is 0.929 bits per heavy atom. The molecule has 0 unspecified atom stereocenters. The molecule has 0 saturated carbocycles. The molecule has 0 radical (unpaired) electrons. The molecule has 0 aliphatic carbocycles. The van der Waals surface area contributed by atoms with Crippen LogP contribution in [0.2, 0.25) is 0 Å². The van der Waals surface area contributed by atoms with Crippen molar-refractivity contribution in [1.29, 1.82) is 0 Å². The van der Waals surface area contributed by atoms with Crippen LogP contribution < -0.4 is 5.32 Å². The molecule has 0 fully saturated rings. The lowest BCUT2D eigenvalue weighted by Crippen LogP contribution is -2.18.